The topological polar surface area (TPSA) is 124 Å². The van der Waals surface area contributed by atoms with E-state index in [0.717, 1.165) is 48.8 Å². The molecule has 0 saturated heterocycles. The lowest BCUT2D eigenvalue weighted by Gasteiger charge is -2.41. The van der Waals surface area contributed by atoms with Crippen LogP contribution in [0.25, 0.3) is 5.57 Å². The molecular formula is C29H36N6O2. The molecule has 8 heteroatoms. The first-order valence-corrected chi connectivity index (χ1v) is 12.9. The molecule has 0 radical (unpaired) electrons. The van der Waals surface area contributed by atoms with E-state index in [1.54, 1.807) is 12.1 Å². The molecule has 0 aliphatic heterocycles. The summed E-state index contributed by atoms with van der Waals surface area (Å²) in [5.41, 5.74) is 11.6. The number of carbonyl (C=O) groups is 2. The molecule has 4 rings (SSSR count). The smallest absolute Gasteiger partial charge is 0.265 e. The van der Waals surface area contributed by atoms with Gasteiger partial charge in [0.1, 0.15) is 0 Å². The number of hydrazone groups is 1. The number of carbonyl (C=O) groups excluding carboxylic acids is 2. The van der Waals surface area contributed by atoms with Gasteiger partial charge < -0.3 is 10.7 Å². The zero-order valence-corrected chi connectivity index (χ0v) is 21.8. The van der Waals surface area contributed by atoms with E-state index < -0.39 is 5.91 Å². The Balaban J connectivity index is 1.55. The quantitative estimate of drug-likeness (QED) is 0.171. The van der Waals surface area contributed by atoms with Crippen molar-refractivity contribution < 1.29 is 9.59 Å². The van der Waals surface area contributed by atoms with Crippen LogP contribution < -0.4 is 11.2 Å². The molecule has 37 heavy (non-hydrogen) atoms. The highest BCUT2D eigenvalue weighted by atomic mass is 16.2. The first-order valence-electron chi connectivity index (χ1n) is 12.9. The number of hydrogen-bond acceptors (Lipinski definition) is 5. The van der Waals surface area contributed by atoms with Crippen LogP contribution in [0.1, 0.15) is 73.5 Å². The maximum absolute atomic E-state index is 14.0. The predicted octanol–water partition coefficient (Wildman–Crippen LogP) is 5.25. The number of guanidine groups is 1. The summed E-state index contributed by atoms with van der Waals surface area (Å²) >= 11 is 0. The average Bonchev–Trinajstić information content (AvgIpc) is 3.34. The van der Waals surface area contributed by atoms with Crippen LogP contribution >= 0.6 is 0 Å². The van der Waals surface area contributed by atoms with Crippen molar-refractivity contribution in [2.75, 3.05) is 0 Å². The molecule has 194 valence electrons. The van der Waals surface area contributed by atoms with Crippen molar-refractivity contribution in [3.8, 4) is 0 Å². The van der Waals surface area contributed by atoms with Crippen molar-refractivity contribution >= 4 is 23.3 Å². The Morgan fingerprint density at radius 3 is 2.35 bits per heavy atom. The van der Waals surface area contributed by atoms with Crippen molar-refractivity contribution in [2.24, 2.45) is 27.4 Å². The fraction of sp³-hybridized carbons (Fsp3) is 0.414. The van der Waals surface area contributed by atoms with Crippen LogP contribution in [0.5, 0.6) is 0 Å². The Morgan fingerprint density at radius 1 is 1.05 bits per heavy atom. The van der Waals surface area contributed by atoms with E-state index in [1.165, 1.54) is 5.56 Å². The Morgan fingerprint density at radius 2 is 1.73 bits per heavy atom. The van der Waals surface area contributed by atoms with E-state index in [1.807, 2.05) is 35.2 Å². The summed E-state index contributed by atoms with van der Waals surface area (Å²) in [7, 11) is 0. The SMILES string of the molecule is CC(C)(C)C1CCC(N(Cc2ccc(C(=O)NC(N=N)=NN)cc2)C(=O)C2=CCc3ccccc32)CC1. The summed E-state index contributed by atoms with van der Waals surface area (Å²) in [6.07, 6.45) is 7.03. The van der Waals surface area contributed by atoms with E-state index in [9.17, 15) is 9.59 Å². The molecule has 0 heterocycles. The minimum Gasteiger partial charge on any atom is -0.331 e. The molecule has 2 aromatic carbocycles. The molecule has 2 aliphatic carbocycles. The van der Waals surface area contributed by atoms with E-state index in [-0.39, 0.29) is 23.3 Å². The Labute approximate surface area is 218 Å². The second-order valence-electron chi connectivity index (χ2n) is 11.0. The number of nitrogens with zero attached hydrogens (tertiary/aromatic N) is 3. The highest BCUT2D eigenvalue weighted by Gasteiger charge is 2.35. The van der Waals surface area contributed by atoms with Gasteiger partial charge in [-0.1, -0.05) is 63.2 Å². The molecule has 2 amide bonds. The van der Waals surface area contributed by atoms with Gasteiger partial charge >= 0.3 is 0 Å². The second-order valence-corrected chi connectivity index (χ2v) is 11.0. The summed E-state index contributed by atoms with van der Waals surface area (Å²) in [6.45, 7) is 7.39. The average molecular weight is 501 g/mol. The first-order chi connectivity index (χ1) is 17.7. The van der Waals surface area contributed by atoms with Crippen LogP contribution in [0.15, 0.2) is 64.8 Å². The monoisotopic (exact) mass is 500 g/mol. The fourth-order valence-corrected chi connectivity index (χ4v) is 5.48. The second kappa shape index (κ2) is 11.1. The third-order valence-corrected chi connectivity index (χ3v) is 7.71. The van der Waals surface area contributed by atoms with Gasteiger partial charge in [-0.2, -0.15) is 0 Å². The van der Waals surface area contributed by atoms with Crippen LogP contribution in [-0.4, -0.2) is 28.7 Å². The summed E-state index contributed by atoms with van der Waals surface area (Å²) in [4.78, 5) is 28.4. The number of hydrogen-bond donors (Lipinski definition) is 3. The van der Waals surface area contributed by atoms with E-state index in [0.29, 0.717) is 18.0 Å². The van der Waals surface area contributed by atoms with Gasteiger partial charge in [0.15, 0.2) is 0 Å². The summed E-state index contributed by atoms with van der Waals surface area (Å²) in [5.74, 6) is 5.14. The normalized spacial score (nSPS) is 19.5. The van der Waals surface area contributed by atoms with Crippen LogP contribution in [0.3, 0.4) is 0 Å². The molecule has 1 fully saturated rings. The minimum absolute atomic E-state index is 0.0758. The van der Waals surface area contributed by atoms with Gasteiger partial charge in [-0.15, -0.1) is 10.2 Å². The largest absolute Gasteiger partial charge is 0.331 e. The number of nitrogens with two attached hydrogens (primary N) is 1. The van der Waals surface area contributed by atoms with Gasteiger partial charge in [0.05, 0.1) is 0 Å². The van der Waals surface area contributed by atoms with Gasteiger partial charge in [0.25, 0.3) is 17.8 Å². The van der Waals surface area contributed by atoms with Crippen LogP contribution in [0, 0.1) is 16.9 Å². The zero-order chi connectivity index (χ0) is 26.6. The molecule has 8 nitrogen and oxygen atoms in total. The number of benzene rings is 2. The highest BCUT2D eigenvalue weighted by Crippen LogP contribution is 2.40. The minimum atomic E-state index is -0.451. The molecule has 0 bridgehead atoms. The molecule has 1 saturated carbocycles. The van der Waals surface area contributed by atoms with Crippen molar-refractivity contribution in [1.29, 1.82) is 5.53 Å². The summed E-state index contributed by atoms with van der Waals surface area (Å²) in [5, 5.41) is 8.71. The molecule has 0 unspecified atom stereocenters. The number of allylic oxidation sites excluding steroid dienone is 1. The lowest BCUT2D eigenvalue weighted by molar-refractivity contribution is -0.129. The van der Waals surface area contributed by atoms with E-state index in [4.69, 9.17) is 11.4 Å². The van der Waals surface area contributed by atoms with Crippen LogP contribution in [0.4, 0.5) is 0 Å². The zero-order valence-electron chi connectivity index (χ0n) is 21.8. The summed E-state index contributed by atoms with van der Waals surface area (Å²) in [6, 6.07) is 15.4. The molecule has 0 atom stereocenters. The predicted molar refractivity (Wildman–Crippen MR) is 145 cm³/mol. The lowest BCUT2D eigenvalue weighted by atomic mass is 9.71. The molecule has 0 spiro atoms. The number of amides is 2. The molecule has 2 aliphatic rings. The molecular weight excluding hydrogens is 464 g/mol. The van der Waals surface area contributed by atoms with Gasteiger partial charge in [-0.05, 0) is 72.3 Å². The molecule has 4 N–H and O–H groups in total. The Hall–Kier alpha value is -3.81. The first kappa shape index (κ1) is 26.3. The standard InChI is InChI=1S/C29H36N6O2/c1-29(2,3)22-13-15-23(16-14-22)35(27(37)25-17-12-20-6-4-5-7-24(20)25)18-19-8-10-21(11-9-19)26(36)32-28(33-30)34-31/h4-11,17,22-23,30H,12-16,18,31H2,1-3H3,(H,32,34,36). The van der Waals surface area contributed by atoms with Crippen molar-refractivity contribution in [1.82, 2.24) is 10.2 Å². The van der Waals surface area contributed by atoms with E-state index >= 15 is 0 Å². The highest BCUT2D eigenvalue weighted by molar-refractivity contribution is 6.21. The Bertz CT molecular complexity index is 1220. The molecule has 0 aromatic heterocycles. The number of nitrogens with one attached hydrogen (secondary N) is 2. The van der Waals surface area contributed by atoms with E-state index in [2.05, 4.69) is 48.4 Å². The molecule has 2 aromatic rings. The third-order valence-electron chi connectivity index (χ3n) is 7.71. The van der Waals surface area contributed by atoms with Crippen molar-refractivity contribution in [3.63, 3.8) is 0 Å². The number of fused-ring (bicyclic) bond motifs is 1. The van der Waals surface area contributed by atoms with Crippen molar-refractivity contribution in [2.45, 2.75) is 65.5 Å². The summed E-state index contributed by atoms with van der Waals surface area (Å²) < 4.78 is 0. The maximum atomic E-state index is 14.0. The third kappa shape index (κ3) is 5.96. The van der Waals surface area contributed by atoms with Crippen LogP contribution in [-0.2, 0) is 17.8 Å². The van der Waals surface area contributed by atoms with Crippen molar-refractivity contribution in [3.05, 3.63) is 76.9 Å². The van der Waals surface area contributed by atoms with Gasteiger partial charge in [0, 0.05) is 23.7 Å². The fourth-order valence-electron chi connectivity index (χ4n) is 5.48. The van der Waals surface area contributed by atoms with Crippen LogP contribution in [0.2, 0.25) is 0 Å². The maximum Gasteiger partial charge on any atom is 0.265 e. The van der Waals surface area contributed by atoms with Gasteiger partial charge in [-0.3, -0.25) is 14.9 Å². The number of rotatable bonds is 5. The van der Waals surface area contributed by atoms with Gasteiger partial charge in [0.2, 0.25) is 0 Å². The Kier molecular flexibility index (Phi) is 7.86. The lowest BCUT2D eigenvalue weighted by Crippen LogP contribution is -2.43. The van der Waals surface area contributed by atoms with Gasteiger partial charge in [-0.25, -0.2) is 5.53 Å².